The summed E-state index contributed by atoms with van der Waals surface area (Å²) < 4.78 is 17.9. The minimum atomic E-state index is -0.321. The lowest BCUT2D eigenvalue weighted by Crippen LogP contribution is -2.24. The molecule has 1 aromatic carbocycles. The second-order valence-electron chi connectivity index (χ2n) is 3.97. The van der Waals surface area contributed by atoms with Crippen LogP contribution in [0.15, 0.2) is 57.8 Å². The number of carbonyl (C=O) groups excluding carboxylic acids is 1. The molecule has 0 radical (unpaired) electrons. The van der Waals surface area contributed by atoms with Crippen LogP contribution in [0.5, 0.6) is 0 Å². The van der Waals surface area contributed by atoms with Crippen molar-refractivity contribution in [2.24, 2.45) is 4.99 Å². The van der Waals surface area contributed by atoms with E-state index in [4.69, 9.17) is 4.42 Å². The summed E-state index contributed by atoms with van der Waals surface area (Å²) in [6.45, 7) is 0. The van der Waals surface area contributed by atoms with E-state index in [0.29, 0.717) is 17.2 Å². The Bertz CT molecular complexity index is 670. The van der Waals surface area contributed by atoms with Gasteiger partial charge in [0.15, 0.2) is 11.6 Å². The SMILES string of the molecule is O=C1NC(c2ccco2)=NC1=Cc1ccc(F)cc1. The van der Waals surface area contributed by atoms with Gasteiger partial charge in [0, 0.05) is 0 Å². The first-order chi connectivity index (χ1) is 9.22. The molecule has 2 aromatic rings. The van der Waals surface area contributed by atoms with Gasteiger partial charge in [0.1, 0.15) is 11.5 Å². The first-order valence-corrected chi connectivity index (χ1v) is 5.63. The van der Waals surface area contributed by atoms with Crippen molar-refractivity contribution in [1.82, 2.24) is 5.32 Å². The van der Waals surface area contributed by atoms with Gasteiger partial charge in [-0.2, -0.15) is 0 Å². The number of benzene rings is 1. The van der Waals surface area contributed by atoms with Gasteiger partial charge in [0.05, 0.1) is 6.26 Å². The van der Waals surface area contributed by atoms with Gasteiger partial charge < -0.3 is 9.73 Å². The molecule has 0 unspecified atom stereocenters. The third kappa shape index (κ3) is 2.30. The average Bonchev–Trinajstić information content (AvgIpc) is 3.03. The van der Waals surface area contributed by atoms with Gasteiger partial charge in [0.2, 0.25) is 0 Å². The molecule has 1 aromatic heterocycles. The summed E-state index contributed by atoms with van der Waals surface area (Å²) in [5.41, 5.74) is 0.967. The molecule has 1 aliphatic heterocycles. The number of nitrogens with zero attached hydrogens (tertiary/aromatic N) is 1. The van der Waals surface area contributed by atoms with E-state index in [-0.39, 0.29) is 17.4 Å². The number of nitrogens with one attached hydrogen (secondary N) is 1. The van der Waals surface area contributed by atoms with Gasteiger partial charge in [-0.3, -0.25) is 4.79 Å². The first kappa shape index (κ1) is 11.4. The van der Waals surface area contributed by atoms with Crippen LogP contribution in [-0.2, 0) is 4.79 Å². The molecular formula is C14H9FN2O2. The second-order valence-corrected chi connectivity index (χ2v) is 3.97. The minimum absolute atomic E-state index is 0.262. The lowest BCUT2D eigenvalue weighted by Gasteiger charge is -1.94. The van der Waals surface area contributed by atoms with Crippen molar-refractivity contribution in [3.63, 3.8) is 0 Å². The van der Waals surface area contributed by atoms with E-state index >= 15 is 0 Å². The predicted octanol–water partition coefficient (Wildman–Crippen LogP) is 2.34. The number of amidine groups is 1. The average molecular weight is 256 g/mol. The number of aliphatic imine (C=N–C) groups is 1. The Labute approximate surface area is 108 Å². The Morgan fingerprint density at radius 2 is 2.00 bits per heavy atom. The molecule has 0 aliphatic carbocycles. The van der Waals surface area contributed by atoms with Crippen LogP contribution < -0.4 is 5.32 Å². The van der Waals surface area contributed by atoms with Crippen molar-refractivity contribution < 1.29 is 13.6 Å². The fourth-order valence-electron chi connectivity index (χ4n) is 1.72. The van der Waals surface area contributed by atoms with Gasteiger partial charge in [-0.25, -0.2) is 9.38 Å². The number of furan rings is 1. The Balaban J connectivity index is 1.92. The number of amides is 1. The summed E-state index contributed by atoms with van der Waals surface area (Å²) in [4.78, 5) is 15.9. The van der Waals surface area contributed by atoms with Gasteiger partial charge in [-0.15, -0.1) is 0 Å². The summed E-state index contributed by atoms with van der Waals surface area (Å²) in [6.07, 6.45) is 3.09. The maximum absolute atomic E-state index is 12.8. The maximum atomic E-state index is 12.8. The summed E-state index contributed by atoms with van der Waals surface area (Å²) >= 11 is 0. The van der Waals surface area contributed by atoms with Crippen molar-refractivity contribution in [2.45, 2.75) is 0 Å². The van der Waals surface area contributed by atoms with E-state index in [2.05, 4.69) is 10.3 Å². The van der Waals surface area contributed by atoms with E-state index in [1.807, 2.05) is 0 Å². The maximum Gasteiger partial charge on any atom is 0.275 e. The zero-order chi connectivity index (χ0) is 13.2. The molecule has 0 saturated heterocycles. The number of halogens is 1. The monoisotopic (exact) mass is 256 g/mol. The van der Waals surface area contributed by atoms with Crippen molar-refractivity contribution in [3.8, 4) is 0 Å². The normalized spacial score (nSPS) is 16.6. The fourth-order valence-corrected chi connectivity index (χ4v) is 1.72. The number of hydrogen-bond donors (Lipinski definition) is 1. The number of hydrogen-bond acceptors (Lipinski definition) is 3. The van der Waals surface area contributed by atoms with Gasteiger partial charge in [0.25, 0.3) is 5.91 Å². The van der Waals surface area contributed by atoms with Crippen LogP contribution in [0.2, 0.25) is 0 Å². The zero-order valence-corrected chi connectivity index (χ0v) is 9.76. The molecule has 3 rings (SSSR count). The molecule has 2 heterocycles. The quantitative estimate of drug-likeness (QED) is 0.838. The van der Waals surface area contributed by atoms with E-state index in [1.54, 1.807) is 30.3 Å². The molecule has 0 atom stereocenters. The standard InChI is InChI=1S/C14H9FN2O2/c15-10-5-3-9(4-6-10)8-11-14(18)17-13(16-11)12-2-1-7-19-12/h1-8H,(H,16,17,18). The lowest BCUT2D eigenvalue weighted by molar-refractivity contribution is -0.115. The van der Waals surface area contributed by atoms with E-state index in [9.17, 15) is 9.18 Å². The topological polar surface area (TPSA) is 54.6 Å². The molecule has 0 fully saturated rings. The highest BCUT2D eigenvalue weighted by atomic mass is 19.1. The highest BCUT2D eigenvalue weighted by Crippen LogP contribution is 2.15. The van der Waals surface area contributed by atoms with Crippen molar-refractivity contribution in [1.29, 1.82) is 0 Å². The summed E-state index contributed by atoms with van der Waals surface area (Å²) in [6, 6.07) is 9.24. The Kier molecular flexibility index (Phi) is 2.72. The van der Waals surface area contributed by atoms with Crippen LogP contribution in [0, 0.1) is 5.82 Å². The molecule has 0 saturated carbocycles. The number of carbonyl (C=O) groups is 1. The minimum Gasteiger partial charge on any atom is -0.461 e. The molecule has 1 aliphatic rings. The molecule has 94 valence electrons. The number of rotatable bonds is 2. The molecular weight excluding hydrogens is 247 g/mol. The third-order valence-electron chi connectivity index (χ3n) is 2.62. The highest BCUT2D eigenvalue weighted by Gasteiger charge is 2.22. The van der Waals surface area contributed by atoms with E-state index in [1.165, 1.54) is 18.4 Å². The lowest BCUT2D eigenvalue weighted by atomic mass is 10.2. The zero-order valence-electron chi connectivity index (χ0n) is 9.76. The van der Waals surface area contributed by atoms with Gasteiger partial charge in [-0.1, -0.05) is 12.1 Å². The van der Waals surface area contributed by atoms with E-state index < -0.39 is 0 Å². The second kappa shape index (κ2) is 4.53. The fraction of sp³-hybridized carbons (Fsp3) is 0. The molecule has 0 bridgehead atoms. The van der Waals surface area contributed by atoms with Crippen molar-refractivity contribution in [2.75, 3.05) is 0 Å². The van der Waals surface area contributed by atoms with Crippen LogP contribution >= 0.6 is 0 Å². The van der Waals surface area contributed by atoms with Crippen LogP contribution in [0.3, 0.4) is 0 Å². The molecule has 1 N–H and O–H groups in total. The van der Waals surface area contributed by atoms with Gasteiger partial charge in [-0.05, 0) is 35.9 Å². The van der Waals surface area contributed by atoms with Crippen molar-refractivity contribution >= 4 is 17.8 Å². The Hall–Kier alpha value is -2.69. The van der Waals surface area contributed by atoms with Crippen LogP contribution in [0.25, 0.3) is 6.08 Å². The Morgan fingerprint density at radius 3 is 2.68 bits per heavy atom. The van der Waals surface area contributed by atoms with Crippen molar-refractivity contribution in [3.05, 3.63) is 65.5 Å². The molecule has 4 nitrogen and oxygen atoms in total. The highest BCUT2D eigenvalue weighted by molar-refractivity contribution is 6.18. The third-order valence-corrected chi connectivity index (χ3v) is 2.62. The van der Waals surface area contributed by atoms with Crippen LogP contribution in [-0.4, -0.2) is 11.7 Å². The summed E-state index contributed by atoms with van der Waals surface area (Å²) in [5, 5.41) is 2.61. The van der Waals surface area contributed by atoms with Crippen LogP contribution in [0.4, 0.5) is 4.39 Å². The first-order valence-electron chi connectivity index (χ1n) is 5.63. The molecule has 5 heteroatoms. The molecule has 1 amide bonds. The molecule has 0 spiro atoms. The summed E-state index contributed by atoms with van der Waals surface area (Å²) in [5.74, 6) is 0.243. The Morgan fingerprint density at radius 1 is 1.21 bits per heavy atom. The molecule has 19 heavy (non-hydrogen) atoms. The van der Waals surface area contributed by atoms with Gasteiger partial charge >= 0.3 is 0 Å². The van der Waals surface area contributed by atoms with Crippen LogP contribution in [0.1, 0.15) is 11.3 Å². The predicted molar refractivity (Wildman–Crippen MR) is 67.8 cm³/mol. The largest absolute Gasteiger partial charge is 0.461 e. The smallest absolute Gasteiger partial charge is 0.275 e. The van der Waals surface area contributed by atoms with E-state index in [0.717, 1.165) is 0 Å². The summed E-state index contributed by atoms with van der Waals surface area (Å²) in [7, 11) is 0.